The Morgan fingerprint density at radius 2 is 1.59 bits per heavy atom. The first-order valence-electron chi connectivity index (χ1n) is 12.4. The van der Waals surface area contributed by atoms with E-state index in [-0.39, 0.29) is 12.2 Å². The van der Waals surface area contributed by atoms with Gasteiger partial charge in [0.2, 0.25) is 0 Å². The van der Waals surface area contributed by atoms with Crippen molar-refractivity contribution in [3.05, 3.63) is 65.2 Å². The van der Waals surface area contributed by atoms with Crippen LogP contribution in [0.4, 0.5) is 0 Å². The summed E-state index contributed by atoms with van der Waals surface area (Å²) in [6.07, 6.45) is 7.92. The van der Waals surface area contributed by atoms with Gasteiger partial charge in [0.1, 0.15) is 43.2 Å². The van der Waals surface area contributed by atoms with E-state index in [0.717, 1.165) is 65.3 Å². The average Bonchev–Trinajstić information content (AvgIpc) is 3.28. The predicted octanol–water partition coefficient (Wildman–Crippen LogP) is 7.42. The number of aryl methyl sites for hydroxylation is 2. The molecule has 2 aromatic carbocycles. The lowest BCUT2D eigenvalue weighted by Gasteiger charge is -2.25. The number of nitrogens with zero attached hydrogens (tertiary/aromatic N) is 1. The molecule has 0 aromatic heterocycles. The van der Waals surface area contributed by atoms with Crippen molar-refractivity contribution in [3.8, 4) is 17.2 Å². The van der Waals surface area contributed by atoms with Gasteiger partial charge in [0.25, 0.3) is 0 Å². The van der Waals surface area contributed by atoms with Gasteiger partial charge < -0.3 is 19.0 Å². The molecule has 2 atom stereocenters. The van der Waals surface area contributed by atoms with Crippen molar-refractivity contribution >= 4 is 5.71 Å². The first-order chi connectivity index (χ1) is 16.5. The van der Waals surface area contributed by atoms with Crippen molar-refractivity contribution in [1.82, 2.24) is 0 Å². The fourth-order valence-corrected chi connectivity index (χ4v) is 4.07. The molecule has 1 fully saturated rings. The van der Waals surface area contributed by atoms with E-state index in [4.69, 9.17) is 19.0 Å². The molecule has 3 rings (SSSR count). The standard InChI is InChI=1S/C27H35NO4.C2H6/c1-6-8-16-30-23-17-19(3)27(20(4)18-23)32-26-11-9-10-25(26)31-22-14-12-21(13-15-22)24(7-2)28-29-5;1-2/h6,8,12-15,17-18,25-26H,7,9-11,16H2,1-5H3;1-2H3/b8-6+,28-24-;. The molecule has 0 aliphatic heterocycles. The molecule has 0 spiro atoms. The first-order valence-corrected chi connectivity index (χ1v) is 12.4. The van der Waals surface area contributed by atoms with E-state index in [1.165, 1.54) is 0 Å². The monoisotopic (exact) mass is 467 g/mol. The molecule has 0 N–H and O–H groups in total. The molecular weight excluding hydrogens is 426 g/mol. The number of benzene rings is 2. The molecule has 34 heavy (non-hydrogen) atoms. The van der Waals surface area contributed by atoms with Gasteiger partial charge in [-0.2, -0.15) is 0 Å². The highest BCUT2D eigenvalue weighted by Gasteiger charge is 2.31. The molecule has 0 bridgehead atoms. The summed E-state index contributed by atoms with van der Waals surface area (Å²) in [5, 5.41) is 4.09. The number of rotatable bonds is 10. The van der Waals surface area contributed by atoms with Crippen molar-refractivity contribution in [2.24, 2.45) is 5.16 Å². The van der Waals surface area contributed by atoms with Gasteiger partial charge in [-0.3, -0.25) is 0 Å². The van der Waals surface area contributed by atoms with Crippen molar-refractivity contribution < 1.29 is 19.0 Å². The van der Waals surface area contributed by atoms with Gasteiger partial charge in [-0.15, -0.1) is 0 Å². The average molecular weight is 468 g/mol. The number of oxime groups is 1. The van der Waals surface area contributed by atoms with Gasteiger partial charge in [0.15, 0.2) is 0 Å². The number of hydrogen-bond acceptors (Lipinski definition) is 5. The molecule has 186 valence electrons. The number of allylic oxidation sites excluding steroid dienone is 1. The lowest BCUT2D eigenvalue weighted by atomic mass is 10.1. The SMILES string of the molecule is C/C=C/COc1cc(C)c(OC2CCCC2Oc2ccc(/C(CC)=N\OC)cc2)c(C)c1.CC. The van der Waals surface area contributed by atoms with E-state index in [9.17, 15) is 0 Å². The smallest absolute Gasteiger partial charge is 0.135 e. The van der Waals surface area contributed by atoms with Crippen LogP contribution in [0.3, 0.4) is 0 Å². The van der Waals surface area contributed by atoms with E-state index in [1.807, 2.05) is 69.3 Å². The van der Waals surface area contributed by atoms with Crippen LogP contribution in [0.15, 0.2) is 53.7 Å². The zero-order chi connectivity index (χ0) is 24.9. The molecule has 1 aliphatic carbocycles. The maximum Gasteiger partial charge on any atom is 0.135 e. The molecule has 5 heteroatoms. The number of ether oxygens (including phenoxy) is 3. The molecule has 2 unspecified atom stereocenters. The van der Waals surface area contributed by atoms with Crippen LogP contribution in [-0.4, -0.2) is 31.6 Å². The van der Waals surface area contributed by atoms with Gasteiger partial charge in [-0.25, -0.2) is 0 Å². The molecule has 0 heterocycles. The second-order valence-electron chi connectivity index (χ2n) is 8.11. The Labute approximate surface area is 205 Å². The largest absolute Gasteiger partial charge is 0.490 e. The highest BCUT2D eigenvalue weighted by molar-refractivity contribution is 6.00. The maximum atomic E-state index is 6.48. The molecule has 0 amide bonds. The van der Waals surface area contributed by atoms with Crippen LogP contribution in [0.5, 0.6) is 17.2 Å². The Morgan fingerprint density at radius 1 is 0.971 bits per heavy atom. The van der Waals surface area contributed by atoms with Crippen LogP contribution in [0.1, 0.15) is 70.1 Å². The fraction of sp³-hybridized carbons (Fsp3) is 0.483. The van der Waals surface area contributed by atoms with E-state index in [1.54, 1.807) is 7.11 Å². The topological polar surface area (TPSA) is 49.3 Å². The zero-order valence-corrected chi connectivity index (χ0v) is 21.9. The first kappa shape index (κ1) is 27.3. The summed E-state index contributed by atoms with van der Waals surface area (Å²) in [5.74, 6) is 2.65. The lowest BCUT2D eigenvalue weighted by molar-refractivity contribution is 0.0769. The Kier molecular flexibility index (Phi) is 11.5. The molecule has 0 radical (unpaired) electrons. The van der Waals surface area contributed by atoms with Crippen molar-refractivity contribution in [3.63, 3.8) is 0 Å². The fourth-order valence-electron chi connectivity index (χ4n) is 4.07. The molecule has 1 saturated carbocycles. The summed E-state index contributed by atoms with van der Waals surface area (Å²) in [7, 11) is 1.57. The predicted molar refractivity (Wildman–Crippen MR) is 141 cm³/mol. The summed E-state index contributed by atoms with van der Waals surface area (Å²) in [6.45, 7) is 12.8. The Balaban J connectivity index is 0.00000199. The second-order valence-corrected chi connectivity index (χ2v) is 8.11. The maximum absolute atomic E-state index is 6.48. The highest BCUT2D eigenvalue weighted by Crippen LogP contribution is 2.34. The van der Waals surface area contributed by atoms with Crippen LogP contribution in [0.25, 0.3) is 0 Å². The van der Waals surface area contributed by atoms with Crippen molar-refractivity contribution in [2.75, 3.05) is 13.7 Å². The van der Waals surface area contributed by atoms with Crippen LogP contribution >= 0.6 is 0 Å². The normalized spacial score (nSPS) is 17.8. The quantitative estimate of drug-likeness (QED) is 0.207. The minimum absolute atomic E-state index is 0.0307. The van der Waals surface area contributed by atoms with Gasteiger partial charge in [-0.1, -0.05) is 38.1 Å². The van der Waals surface area contributed by atoms with E-state index < -0.39 is 0 Å². The minimum atomic E-state index is 0.0307. The zero-order valence-electron chi connectivity index (χ0n) is 21.9. The lowest BCUT2D eigenvalue weighted by Crippen LogP contribution is -2.31. The third-order valence-corrected chi connectivity index (χ3v) is 5.69. The van der Waals surface area contributed by atoms with Crippen LogP contribution in [0.2, 0.25) is 0 Å². The van der Waals surface area contributed by atoms with Crippen LogP contribution in [0, 0.1) is 13.8 Å². The third kappa shape index (κ3) is 7.54. The minimum Gasteiger partial charge on any atom is -0.490 e. The Hall–Kier alpha value is -2.95. The van der Waals surface area contributed by atoms with Gasteiger partial charge in [0, 0.05) is 0 Å². The number of hydrogen-bond donors (Lipinski definition) is 0. The van der Waals surface area contributed by atoms with Crippen molar-refractivity contribution in [2.45, 2.75) is 79.4 Å². The Bertz CT molecular complexity index is 911. The third-order valence-electron chi connectivity index (χ3n) is 5.69. The molecule has 1 aliphatic rings. The van der Waals surface area contributed by atoms with Gasteiger partial charge in [-0.05, 0) is 99.5 Å². The van der Waals surface area contributed by atoms with Crippen LogP contribution in [-0.2, 0) is 4.84 Å². The summed E-state index contributed by atoms with van der Waals surface area (Å²) >= 11 is 0. The highest BCUT2D eigenvalue weighted by atomic mass is 16.6. The second kappa shape index (κ2) is 14.3. The molecule has 0 saturated heterocycles. The summed E-state index contributed by atoms with van der Waals surface area (Å²) in [6, 6.07) is 12.1. The van der Waals surface area contributed by atoms with E-state index in [2.05, 4.69) is 25.9 Å². The summed E-state index contributed by atoms with van der Waals surface area (Å²) < 4.78 is 18.6. The molecule has 2 aromatic rings. The van der Waals surface area contributed by atoms with Crippen molar-refractivity contribution in [1.29, 1.82) is 0 Å². The molecular formula is C29H41NO4. The van der Waals surface area contributed by atoms with Gasteiger partial charge in [0.05, 0.1) is 5.71 Å². The van der Waals surface area contributed by atoms with E-state index in [0.29, 0.717) is 6.61 Å². The van der Waals surface area contributed by atoms with E-state index >= 15 is 0 Å². The Morgan fingerprint density at radius 3 is 2.15 bits per heavy atom. The van der Waals surface area contributed by atoms with Crippen LogP contribution < -0.4 is 14.2 Å². The van der Waals surface area contributed by atoms with Gasteiger partial charge >= 0.3 is 0 Å². The molecule has 5 nitrogen and oxygen atoms in total. The summed E-state index contributed by atoms with van der Waals surface area (Å²) in [4.78, 5) is 4.94. The summed E-state index contributed by atoms with van der Waals surface area (Å²) in [5.41, 5.74) is 4.13.